The van der Waals surface area contributed by atoms with Crippen molar-refractivity contribution in [1.82, 2.24) is 5.43 Å². The van der Waals surface area contributed by atoms with Gasteiger partial charge in [-0.2, -0.15) is 5.10 Å². The quantitative estimate of drug-likeness (QED) is 0.332. The molecule has 3 aromatic rings. The van der Waals surface area contributed by atoms with E-state index in [9.17, 15) is 9.59 Å². The molecule has 0 unspecified atom stereocenters. The van der Waals surface area contributed by atoms with Crippen LogP contribution in [0.5, 0.6) is 11.5 Å². The Balaban J connectivity index is 1.44. The molecule has 7 nitrogen and oxygen atoms in total. The molecule has 0 atom stereocenters. The van der Waals surface area contributed by atoms with Crippen molar-refractivity contribution in [2.75, 3.05) is 11.9 Å². The predicted octanol–water partition coefficient (Wildman–Crippen LogP) is 3.75. The number of hydrogen-bond acceptors (Lipinski definition) is 5. The minimum atomic E-state index is -0.868. The molecule has 0 aliphatic heterocycles. The number of ether oxygens (including phenoxy) is 2. The highest BCUT2D eigenvalue weighted by Crippen LogP contribution is 2.15. The topological polar surface area (TPSA) is 89.0 Å². The molecule has 0 radical (unpaired) electrons. The fraction of sp³-hybridized carbons (Fsp3) is 0.125. The van der Waals surface area contributed by atoms with E-state index in [4.69, 9.17) is 9.47 Å². The average molecular weight is 417 g/mol. The Morgan fingerprint density at radius 2 is 1.48 bits per heavy atom. The SMILES string of the molecule is CCOc1ccc(NC(=O)C(=O)N/N=C\c2ccc(OCc3ccccc3)cc2)cc1. The Hall–Kier alpha value is -4.13. The molecule has 0 heterocycles. The molecule has 2 N–H and O–H groups in total. The first-order valence-corrected chi connectivity index (χ1v) is 9.78. The van der Waals surface area contributed by atoms with Crippen LogP contribution >= 0.6 is 0 Å². The van der Waals surface area contributed by atoms with Gasteiger partial charge < -0.3 is 14.8 Å². The minimum absolute atomic E-state index is 0.480. The number of carbonyl (C=O) groups is 2. The maximum atomic E-state index is 12.0. The molecule has 0 saturated carbocycles. The Morgan fingerprint density at radius 3 is 2.16 bits per heavy atom. The second kappa shape index (κ2) is 11.2. The van der Waals surface area contributed by atoms with Crippen molar-refractivity contribution in [2.45, 2.75) is 13.5 Å². The number of benzene rings is 3. The van der Waals surface area contributed by atoms with Crippen LogP contribution in [0.25, 0.3) is 0 Å². The van der Waals surface area contributed by atoms with Gasteiger partial charge in [-0.05, 0) is 66.6 Å². The minimum Gasteiger partial charge on any atom is -0.494 e. The van der Waals surface area contributed by atoms with E-state index in [1.165, 1.54) is 6.21 Å². The number of carbonyl (C=O) groups excluding carboxylic acids is 2. The first-order chi connectivity index (χ1) is 15.1. The van der Waals surface area contributed by atoms with E-state index >= 15 is 0 Å². The van der Waals surface area contributed by atoms with Gasteiger partial charge in [-0.1, -0.05) is 30.3 Å². The maximum Gasteiger partial charge on any atom is 0.329 e. The highest BCUT2D eigenvalue weighted by molar-refractivity contribution is 6.39. The van der Waals surface area contributed by atoms with E-state index in [1.807, 2.05) is 49.4 Å². The predicted molar refractivity (Wildman–Crippen MR) is 119 cm³/mol. The Kier molecular flexibility index (Phi) is 7.77. The third-order valence-corrected chi connectivity index (χ3v) is 4.14. The van der Waals surface area contributed by atoms with Crippen LogP contribution in [0, 0.1) is 0 Å². The number of rotatable bonds is 8. The van der Waals surface area contributed by atoms with Crippen molar-refractivity contribution < 1.29 is 19.1 Å². The van der Waals surface area contributed by atoms with E-state index in [0.717, 1.165) is 16.9 Å². The van der Waals surface area contributed by atoms with Crippen LogP contribution in [0.3, 0.4) is 0 Å². The largest absolute Gasteiger partial charge is 0.494 e. The van der Waals surface area contributed by atoms with Crippen molar-refractivity contribution in [2.24, 2.45) is 5.10 Å². The molecule has 3 rings (SSSR count). The first-order valence-electron chi connectivity index (χ1n) is 9.78. The van der Waals surface area contributed by atoms with Crippen LogP contribution in [0.2, 0.25) is 0 Å². The van der Waals surface area contributed by atoms with Gasteiger partial charge in [-0.3, -0.25) is 9.59 Å². The molecule has 0 aliphatic carbocycles. The van der Waals surface area contributed by atoms with Crippen molar-refractivity contribution >= 4 is 23.7 Å². The molecule has 0 fully saturated rings. The summed E-state index contributed by atoms with van der Waals surface area (Å²) in [6.07, 6.45) is 1.45. The lowest BCUT2D eigenvalue weighted by Gasteiger charge is -2.06. The van der Waals surface area contributed by atoms with Gasteiger partial charge >= 0.3 is 11.8 Å². The fourth-order valence-corrected chi connectivity index (χ4v) is 2.60. The summed E-state index contributed by atoms with van der Waals surface area (Å²) in [5, 5.41) is 6.32. The summed E-state index contributed by atoms with van der Waals surface area (Å²) in [5.41, 5.74) is 4.52. The number of anilines is 1. The highest BCUT2D eigenvalue weighted by Gasteiger charge is 2.12. The molecule has 0 bridgehead atoms. The summed E-state index contributed by atoms with van der Waals surface area (Å²) in [7, 11) is 0. The van der Waals surface area contributed by atoms with Gasteiger partial charge in [-0.25, -0.2) is 5.43 Å². The molecular weight excluding hydrogens is 394 g/mol. The zero-order chi connectivity index (χ0) is 21.9. The Labute approximate surface area is 180 Å². The van der Waals surface area contributed by atoms with Crippen molar-refractivity contribution in [3.8, 4) is 11.5 Å². The second-order valence-corrected chi connectivity index (χ2v) is 6.45. The zero-order valence-electron chi connectivity index (χ0n) is 17.1. The van der Waals surface area contributed by atoms with Crippen molar-refractivity contribution in [3.05, 3.63) is 90.0 Å². The number of nitrogens with zero attached hydrogens (tertiary/aromatic N) is 1. The zero-order valence-corrected chi connectivity index (χ0v) is 17.1. The molecule has 0 saturated heterocycles. The monoisotopic (exact) mass is 417 g/mol. The lowest BCUT2D eigenvalue weighted by molar-refractivity contribution is -0.136. The van der Waals surface area contributed by atoms with Crippen LogP contribution in [0.4, 0.5) is 5.69 Å². The van der Waals surface area contributed by atoms with Crippen LogP contribution < -0.4 is 20.2 Å². The maximum absolute atomic E-state index is 12.0. The van der Waals surface area contributed by atoms with Gasteiger partial charge in [0.05, 0.1) is 12.8 Å². The summed E-state index contributed by atoms with van der Waals surface area (Å²) in [6.45, 7) is 2.91. The van der Waals surface area contributed by atoms with Crippen molar-refractivity contribution in [3.63, 3.8) is 0 Å². The van der Waals surface area contributed by atoms with E-state index in [0.29, 0.717) is 24.7 Å². The molecule has 3 aromatic carbocycles. The van der Waals surface area contributed by atoms with Crippen LogP contribution in [0.15, 0.2) is 84.0 Å². The third-order valence-electron chi connectivity index (χ3n) is 4.14. The fourth-order valence-electron chi connectivity index (χ4n) is 2.60. The summed E-state index contributed by atoms with van der Waals surface area (Å²) < 4.78 is 11.1. The molecular formula is C24H23N3O4. The summed E-state index contributed by atoms with van der Waals surface area (Å²) >= 11 is 0. The van der Waals surface area contributed by atoms with Crippen LogP contribution in [-0.4, -0.2) is 24.6 Å². The molecule has 0 aromatic heterocycles. The van der Waals surface area contributed by atoms with E-state index in [2.05, 4.69) is 15.8 Å². The molecule has 31 heavy (non-hydrogen) atoms. The van der Waals surface area contributed by atoms with Crippen LogP contribution in [0.1, 0.15) is 18.1 Å². The number of amides is 2. The number of nitrogens with one attached hydrogen (secondary N) is 2. The Bertz CT molecular complexity index is 1020. The molecule has 0 spiro atoms. The molecule has 2 amide bonds. The molecule has 158 valence electrons. The summed E-state index contributed by atoms with van der Waals surface area (Å²) in [6, 6.07) is 23.8. The van der Waals surface area contributed by atoms with Gasteiger partial charge in [0.15, 0.2) is 0 Å². The standard InChI is InChI=1S/C24H23N3O4/c1-2-30-21-14-10-20(11-15-21)26-23(28)24(29)27-25-16-18-8-12-22(13-9-18)31-17-19-6-4-3-5-7-19/h3-16H,2,17H2,1H3,(H,26,28)(H,27,29)/b25-16-. The van der Waals surface area contributed by atoms with Gasteiger partial charge in [-0.15, -0.1) is 0 Å². The first kappa shape index (κ1) is 21.6. The number of hydrogen-bond donors (Lipinski definition) is 2. The smallest absolute Gasteiger partial charge is 0.329 e. The van der Waals surface area contributed by atoms with E-state index in [1.54, 1.807) is 36.4 Å². The number of hydrazone groups is 1. The second-order valence-electron chi connectivity index (χ2n) is 6.45. The third kappa shape index (κ3) is 7.01. The van der Waals surface area contributed by atoms with E-state index in [-0.39, 0.29) is 0 Å². The molecule has 0 aliphatic rings. The lowest BCUT2D eigenvalue weighted by Crippen LogP contribution is -2.32. The normalized spacial score (nSPS) is 10.5. The van der Waals surface area contributed by atoms with Gasteiger partial charge in [0.2, 0.25) is 0 Å². The summed E-state index contributed by atoms with van der Waals surface area (Å²) in [5.74, 6) is -0.273. The lowest BCUT2D eigenvalue weighted by atomic mass is 10.2. The molecule has 7 heteroatoms. The summed E-state index contributed by atoms with van der Waals surface area (Å²) in [4.78, 5) is 23.9. The van der Waals surface area contributed by atoms with Crippen molar-refractivity contribution in [1.29, 1.82) is 0 Å². The highest BCUT2D eigenvalue weighted by atomic mass is 16.5. The average Bonchev–Trinajstić information content (AvgIpc) is 2.80. The van der Waals surface area contributed by atoms with Gasteiger partial charge in [0.25, 0.3) is 0 Å². The van der Waals surface area contributed by atoms with Gasteiger partial charge in [0.1, 0.15) is 18.1 Å². The van der Waals surface area contributed by atoms with Crippen LogP contribution in [-0.2, 0) is 16.2 Å². The Morgan fingerprint density at radius 1 is 0.839 bits per heavy atom. The van der Waals surface area contributed by atoms with Gasteiger partial charge in [0, 0.05) is 5.69 Å². The van der Waals surface area contributed by atoms with E-state index < -0.39 is 11.8 Å².